The Bertz CT molecular complexity index is 196. The SMILES string of the molecule is CCCCCCCC1CCC(CC#N)CC1. The van der Waals surface area contributed by atoms with Gasteiger partial charge < -0.3 is 0 Å². The molecule has 1 rings (SSSR count). The van der Waals surface area contributed by atoms with Gasteiger partial charge in [0.25, 0.3) is 0 Å². The maximum Gasteiger partial charge on any atom is 0.0624 e. The molecule has 0 atom stereocenters. The van der Waals surface area contributed by atoms with Gasteiger partial charge in [0, 0.05) is 6.42 Å². The van der Waals surface area contributed by atoms with Crippen LogP contribution in [0.15, 0.2) is 0 Å². The van der Waals surface area contributed by atoms with Crippen LogP contribution in [0.25, 0.3) is 0 Å². The highest BCUT2D eigenvalue weighted by Crippen LogP contribution is 2.33. The average molecular weight is 221 g/mol. The van der Waals surface area contributed by atoms with Gasteiger partial charge in [-0.1, -0.05) is 58.3 Å². The molecule has 0 aromatic carbocycles. The molecule has 0 spiro atoms. The van der Waals surface area contributed by atoms with Crippen molar-refractivity contribution in [1.82, 2.24) is 0 Å². The summed E-state index contributed by atoms with van der Waals surface area (Å²) in [7, 11) is 0. The third-order valence-corrected chi connectivity index (χ3v) is 4.06. The van der Waals surface area contributed by atoms with Gasteiger partial charge in [-0.2, -0.15) is 5.26 Å². The summed E-state index contributed by atoms with van der Waals surface area (Å²) >= 11 is 0. The minimum Gasteiger partial charge on any atom is -0.198 e. The molecule has 0 N–H and O–H groups in total. The fraction of sp³-hybridized carbons (Fsp3) is 0.933. The number of hydrogen-bond acceptors (Lipinski definition) is 1. The minimum absolute atomic E-state index is 0.723. The molecule has 0 radical (unpaired) electrons. The Morgan fingerprint density at radius 3 is 2.19 bits per heavy atom. The number of rotatable bonds is 7. The topological polar surface area (TPSA) is 23.8 Å². The van der Waals surface area contributed by atoms with Gasteiger partial charge in [-0.25, -0.2) is 0 Å². The molecular formula is C15H27N. The monoisotopic (exact) mass is 221 g/mol. The summed E-state index contributed by atoms with van der Waals surface area (Å²) in [6.45, 7) is 2.27. The van der Waals surface area contributed by atoms with Gasteiger partial charge in [0.05, 0.1) is 6.07 Å². The summed E-state index contributed by atoms with van der Waals surface area (Å²) < 4.78 is 0. The molecule has 1 saturated carbocycles. The number of unbranched alkanes of at least 4 members (excludes halogenated alkanes) is 4. The van der Waals surface area contributed by atoms with Gasteiger partial charge in [-0.15, -0.1) is 0 Å². The van der Waals surface area contributed by atoms with Gasteiger partial charge in [-0.05, 0) is 24.7 Å². The van der Waals surface area contributed by atoms with Crippen LogP contribution in [0, 0.1) is 23.2 Å². The van der Waals surface area contributed by atoms with Crippen LogP contribution in [-0.4, -0.2) is 0 Å². The molecule has 16 heavy (non-hydrogen) atoms. The summed E-state index contributed by atoms with van der Waals surface area (Å²) in [5.74, 6) is 1.71. The van der Waals surface area contributed by atoms with Crippen LogP contribution in [0.2, 0.25) is 0 Å². The van der Waals surface area contributed by atoms with E-state index in [1.807, 2.05) is 0 Å². The number of nitrogens with zero attached hydrogens (tertiary/aromatic N) is 1. The van der Waals surface area contributed by atoms with Crippen LogP contribution in [-0.2, 0) is 0 Å². The second-order valence-electron chi connectivity index (χ2n) is 5.45. The van der Waals surface area contributed by atoms with Crippen molar-refractivity contribution in [2.24, 2.45) is 11.8 Å². The Morgan fingerprint density at radius 1 is 0.938 bits per heavy atom. The molecule has 1 aliphatic carbocycles. The molecule has 0 amide bonds. The first-order valence-corrected chi connectivity index (χ1v) is 7.23. The molecule has 0 bridgehead atoms. The van der Waals surface area contributed by atoms with Crippen molar-refractivity contribution in [1.29, 1.82) is 5.26 Å². The number of nitriles is 1. The largest absolute Gasteiger partial charge is 0.198 e. The summed E-state index contributed by atoms with van der Waals surface area (Å²) in [6.07, 6.45) is 14.7. The van der Waals surface area contributed by atoms with E-state index in [9.17, 15) is 0 Å². The highest BCUT2D eigenvalue weighted by atomic mass is 14.3. The first-order chi connectivity index (χ1) is 7.86. The highest BCUT2D eigenvalue weighted by molar-refractivity contribution is 4.80. The smallest absolute Gasteiger partial charge is 0.0624 e. The fourth-order valence-electron chi connectivity index (χ4n) is 2.89. The quantitative estimate of drug-likeness (QED) is 0.551. The Hall–Kier alpha value is -0.510. The molecule has 0 unspecified atom stereocenters. The molecule has 0 saturated heterocycles. The van der Waals surface area contributed by atoms with Crippen molar-refractivity contribution < 1.29 is 0 Å². The molecule has 1 nitrogen and oxygen atoms in total. The van der Waals surface area contributed by atoms with Gasteiger partial charge in [0.1, 0.15) is 0 Å². The molecule has 1 fully saturated rings. The van der Waals surface area contributed by atoms with Crippen LogP contribution in [0.5, 0.6) is 0 Å². The maximum atomic E-state index is 8.66. The Balaban J connectivity index is 1.98. The minimum atomic E-state index is 0.723. The summed E-state index contributed by atoms with van der Waals surface area (Å²) in [4.78, 5) is 0. The predicted octanol–water partition coefficient (Wildman–Crippen LogP) is 5.07. The van der Waals surface area contributed by atoms with E-state index in [1.54, 1.807) is 0 Å². The second kappa shape index (κ2) is 8.62. The maximum absolute atomic E-state index is 8.66. The van der Waals surface area contributed by atoms with E-state index in [-0.39, 0.29) is 0 Å². The highest BCUT2D eigenvalue weighted by Gasteiger charge is 2.20. The van der Waals surface area contributed by atoms with Crippen LogP contribution >= 0.6 is 0 Å². The Morgan fingerprint density at radius 2 is 1.56 bits per heavy atom. The van der Waals surface area contributed by atoms with Crippen LogP contribution in [0.4, 0.5) is 0 Å². The van der Waals surface area contributed by atoms with Crippen molar-refractivity contribution >= 4 is 0 Å². The van der Waals surface area contributed by atoms with E-state index >= 15 is 0 Å². The van der Waals surface area contributed by atoms with Crippen LogP contribution in [0.3, 0.4) is 0 Å². The van der Waals surface area contributed by atoms with Crippen molar-refractivity contribution in [3.63, 3.8) is 0 Å². The molecule has 0 aliphatic heterocycles. The van der Waals surface area contributed by atoms with Crippen molar-refractivity contribution in [3.8, 4) is 6.07 Å². The lowest BCUT2D eigenvalue weighted by molar-refractivity contribution is 0.261. The molecule has 0 aromatic rings. The van der Waals surface area contributed by atoms with E-state index in [1.165, 1.54) is 64.2 Å². The van der Waals surface area contributed by atoms with Crippen LogP contribution in [0.1, 0.15) is 77.6 Å². The third kappa shape index (κ3) is 5.54. The first-order valence-electron chi connectivity index (χ1n) is 7.23. The molecular weight excluding hydrogens is 194 g/mol. The Labute approximate surface area is 101 Å². The van der Waals surface area contributed by atoms with E-state index in [4.69, 9.17) is 5.26 Å². The van der Waals surface area contributed by atoms with E-state index in [0.717, 1.165) is 18.3 Å². The van der Waals surface area contributed by atoms with E-state index in [2.05, 4.69) is 13.0 Å². The average Bonchev–Trinajstić information content (AvgIpc) is 2.31. The standard InChI is InChI=1S/C15H27N/c1-2-3-4-5-6-7-14-8-10-15(11-9-14)12-13-16/h14-15H,2-12H2,1H3. The molecule has 0 aromatic heterocycles. The fourth-order valence-corrected chi connectivity index (χ4v) is 2.89. The van der Waals surface area contributed by atoms with Crippen LogP contribution < -0.4 is 0 Å². The normalized spacial score (nSPS) is 25.2. The van der Waals surface area contributed by atoms with Gasteiger partial charge in [0.15, 0.2) is 0 Å². The Kier molecular flexibility index (Phi) is 7.30. The van der Waals surface area contributed by atoms with Gasteiger partial charge in [0.2, 0.25) is 0 Å². The lowest BCUT2D eigenvalue weighted by atomic mass is 9.79. The molecule has 0 heterocycles. The van der Waals surface area contributed by atoms with Crippen molar-refractivity contribution in [3.05, 3.63) is 0 Å². The van der Waals surface area contributed by atoms with E-state index < -0.39 is 0 Å². The van der Waals surface area contributed by atoms with Gasteiger partial charge >= 0.3 is 0 Å². The van der Waals surface area contributed by atoms with Crippen molar-refractivity contribution in [2.75, 3.05) is 0 Å². The number of hydrogen-bond donors (Lipinski definition) is 0. The third-order valence-electron chi connectivity index (χ3n) is 4.06. The summed E-state index contributed by atoms with van der Waals surface area (Å²) in [5, 5.41) is 8.66. The molecule has 1 heteroatoms. The van der Waals surface area contributed by atoms with Crippen molar-refractivity contribution in [2.45, 2.75) is 77.6 Å². The second-order valence-corrected chi connectivity index (χ2v) is 5.45. The summed E-state index contributed by atoms with van der Waals surface area (Å²) in [5.41, 5.74) is 0. The lowest BCUT2D eigenvalue weighted by Gasteiger charge is -2.27. The zero-order chi connectivity index (χ0) is 11.6. The lowest BCUT2D eigenvalue weighted by Crippen LogP contribution is -2.14. The molecule has 1 aliphatic rings. The summed E-state index contributed by atoms with van der Waals surface area (Å²) in [6, 6.07) is 2.32. The zero-order valence-corrected chi connectivity index (χ0v) is 10.9. The van der Waals surface area contributed by atoms with Gasteiger partial charge in [-0.3, -0.25) is 0 Å². The molecule has 92 valence electrons. The zero-order valence-electron chi connectivity index (χ0n) is 10.9. The van der Waals surface area contributed by atoms with E-state index in [0.29, 0.717) is 0 Å². The predicted molar refractivity (Wildman–Crippen MR) is 69.1 cm³/mol. The first kappa shape index (κ1) is 13.6.